The molecule has 5 nitrogen and oxygen atoms in total. The van der Waals surface area contributed by atoms with E-state index in [1.54, 1.807) is 13.2 Å². The minimum absolute atomic E-state index is 0.362. The van der Waals surface area contributed by atoms with Crippen molar-refractivity contribution < 1.29 is 9.13 Å². The Kier molecular flexibility index (Phi) is 3.27. The minimum Gasteiger partial charge on any atom is -0.497 e. The van der Waals surface area contributed by atoms with Crippen molar-refractivity contribution in [3.05, 3.63) is 48.4 Å². The van der Waals surface area contributed by atoms with Crippen LogP contribution in [0, 0.1) is 5.82 Å². The lowest BCUT2D eigenvalue weighted by Crippen LogP contribution is -1.91. The monoisotopic (exact) mass is 284 g/mol. The number of pyridine rings is 1. The summed E-state index contributed by atoms with van der Waals surface area (Å²) in [6.07, 6.45) is 1.16. The third-order valence-electron chi connectivity index (χ3n) is 3.16. The number of halogens is 1. The summed E-state index contributed by atoms with van der Waals surface area (Å²) in [7, 11) is 1.61. The molecule has 6 heteroatoms. The normalized spacial score (nSPS) is 10.6. The molecule has 2 heterocycles. The van der Waals surface area contributed by atoms with E-state index in [1.165, 1.54) is 6.07 Å². The van der Waals surface area contributed by atoms with Gasteiger partial charge in [0.2, 0.25) is 0 Å². The molecule has 0 aliphatic heterocycles. The van der Waals surface area contributed by atoms with Gasteiger partial charge in [-0.2, -0.15) is 5.10 Å². The topological polar surface area (TPSA) is 76.8 Å². The van der Waals surface area contributed by atoms with Gasteiger partial charge in [0, 0.05) is 0 Å². The molecule has 3 aromatic rings. The zero-order valence-corrected chi connectivity index (χ0v) is 11.3. The first-order valence-corrected chi connectivity index (χ1v) is 6.29. The van der Waals surface area contributed by atoms with Gasteiger partial charge in [-0.3, -0.25) is 10.1 Å². The average molecular weight is 284 g/mol. The predicted molar refractivity (Wildman–Crippen MR) is 78.2 cm³/mol. The summed E-state index contributed by atoms with van der Waals surface area (Å²) in [5.41, 5.74) is 8.77. The molecule has 0 saturated carbocycles. The number of nitrogens with one attached hydrogen (secondary N) is 1. The van der Waals surface area contributed by atoms with Crippen molar-refractivity contribution in [1.82, 2.24) is 15.2 Å². The fourth-order valence-electron chi connectivity index (χ4n) is 2.11. The summed E-state index contributed by atoms with van der Waals surface area (Å²) in [5.74, 6) is 0.723. The number of nitrogen functional groups attached to an aromatic ring is 1. The molecule has 0 saturated heterocycles. The Balaban J connectivity index is 2.09. The highest BCUT2D eigenvalue weighted by molar-refractivity contribution is 5.86. The molecule has 0 bridgehead atoms. The molecule has 1 aromatic carbocycles. The summed E-state index contributed by atoms with van der Waals surface area (Å²) in [6.45, 7) is 0. The van der Waals surface area contributed by atoms with Crippen LogP contribution in [0.3, 0.4) is 0 Å². The van der Waals surface area contributed by atoms with Gasteiger partial charge < -0.3 is 10.5 Å². The van der Waals surface area contributed by atoms with E-state index in [9.17, 15) is 4.39 Å². The SMILES string of the molecule is COc1ccc(-c2c(N)n[nH]c2-c2ccc(F)cn2)cc1. The molecule has 2 aromatic heterocycles. The van der Waals surface area contributed by atoms with E-state index in [-0.39, 0.29) is 0 Å². The summed E-state index contributed by atoms with van der Waals surface area (Å²) < 4.78 is 18.1. The maximum atomic E-state index is 13.0. The Hall–Kier alpha value is -2.89. The Morgan fingerprint density at radius 2 is 1.90 bits per heavy atom. The number of benzene rings is 1. The standard InChI is InChI=1S/C15H13FN4O/c1-21-11-5-2-9(3-6-11)13-14(19-20-15(13)17)12-7-4-10(16)8-18-12/h2-8H,1H3,(H3,17,19,20). The molecule has 0 unspecified atom stereocenters. The van der Waals surface area contributed by atoms with E-state index in [2.05, 4.69) is 15.2 Å². The number of nitrogens with zero attached hydrogens (tertiary/aromatic N) is 2. The zero-order valence-electron chi connectivity index (χ0n) is 11.3. The van der Waals surface area contributed by atoms with Crippen molar-refractivity contribution in [3.8, 4) is 28.3 Å². The van der Waals surface area contributed by atoms with Crippen molar-refractivity contribution in [3.63, 3.8) is 0 Å². The molecular formula is C15H13FN4O. The van der Waals surface area contributed by atoms with Gasteiger partial charge in [-0.25, -0.2) is 4.39 Å². The van der Waals surface area contributed by atoms with Gasteiger partial charge in [-0.05, 0) is 29.8 Å². The number of hydrogen-bond donors (Lipinski definition) is 2. The van der Waals surface area contributed by atoms with Crippen LogP contribution in [0.2, 0.25) is 0 Å². The van der Waals surface area contributed by atoms with Crippen LogP contribution in [0.5, 0.6) is 5.75 Å². The third-order valence-corrected chi connectivity index (χ3v) is 3.16. The average Bonchev–Trinajstić information content (AvgIpc) is 2.90. The van der Waals surface area contributed by atoms with Gasteiger partial charge in [0.05, 0.1) is 30.3 Å². The van der Waals surface area contributed by atoms with E-state index in [0.717, 1.165) is 23.1 Å². The Morgan fingerprint density at radius 1 is 1.14 bits per heavy atom. The number of aromatic nitrogens is 3. The van der Waals surface area contributed by atoms with Gasteiger partial charge in [0.1, 0.15) is 11.6 Å². The van der Waals surface area contributed by atoms with Gasteiger partial charge in [-0.15, -0.1) is 0 Å². The van der Waals surface area contributed by atoms with E-state index in [0.29, 0.717) is 17.2 Å². The Bertz CT molecular complexity index is 750. The molecule has 3 rings (SSSR count). The molecule has 0 aliphatic carbocycles. The first kappa shape index (κ1) is 13.1. The number of ether oxygens (including phenoxy) is 1. The highest BCUT2D eigenvalue weighted by Crippen LogP contribution is 2.34. The summed E-state index contributed by atoms with van der Waals surface area (Å²) >= 11 is 0. The quantitative estimate of drug-likeness (QED) is 0.775. The smallest absolute Gasteiger partial charge is 0.153 e. The molecular weight excluding hydrogens is 271 g/mol. The molecule has 0 amide bonds. The molecule has 0 radical (unpaired) electrons. The Morgan fingerprint density at radius 3 is 2.52 bits per heavy atom. The zero-order chi connectivity index (χ0) is 14.8. The second kappa shape index (κ2) is 5.24. The summed E-state index contributed by atoms with van der Waals surface area (Å²) in [6, 6.07) is 10.4. The van der Waals surface area contributed by atoms with E-state index >= 15 is 0 Å². The second-order valence-electron chi connectivity index (χ2n) is 4.45. The van der Waals surface area contributed by atoms with Crippen molar-refractivity contribution in [2.24, 2.45) is 0 Å². The lowest BCUT2D eigenvalue weighted by Gasteiger charge is -2.05. The van der Waals surface area contributed by atoms with Crippen LogP contribution in [0.15, 0.2) is 42.6 Å². The lowest BCUT2D eigenvalue weighted by molar-refractivity contribution is 0.415. The van der Waals surface area contributed by atoms with Crippen molar-refractivity contribution >= 4 is 5.82 Å². The number of anilines is 1. The van der Waals surface area contributed by atoms with E-state index in [1.807, 2.05) is 24.3 Å². The van der Waals surface area contributed by atoms with Crippen molar-refractivity contribution in [2.45, 2.75) is 0 Å². The highest BCUT2D eigenvalue weighted by Gasteiger charge is 2.15. The van der Waals surface area contributed by atoms with Crippen LogP contribution in [-0.4, -0.2) is 22.3 Å². The predicted octanol–water partition coefficient (Wildman–Crippen LogP) is 2.87. The second-order valence-corrected chi connectivity index (χ2v) is 4.45. The lowest BCUT2D eigenvalue weighted by atomic mass is 10.0. The summed E-state index contributed by atoms with van der Waals surface area (Å²) in [4.78, 5) is 4.06. The van der Waals surface area contributed by atoms with Crippen LogP contribution >= 0.6 is 0 Å². The fraction of sp³-hybridized carbons (Fsp3) is 0.0667. The number of methoxy groups -OCH3 is 1. The van der Waals surface area contributed by atoms with Crippen LogP contribution < -0.4 is 10.5 Å². The summed E-state index contributed by atoms with van der Waals surface area (Å²) in [5, 5.41) is 6.87. The molecule has 0 aliphatic rings. The van der Waals surface area contributed by atoms with Gasteiger partial charge >= 0.3 is 0 Å². The molecule has 0 fully saturated rings. The number of aromatic amines is 1. The fourth-order valence-corrected chi connectivity index (χ4v) is 2.11. The van der Waals surface area contributed by atoms with Crippen molar-refractivity contribution in [1.29, 1.82) is 0 Å². The van der Waals surface area contributed by atoms with Crippen LogP contribution in [0.4, 0.5) is 10.2 Å². The minimum atomic E-state index is -0.391. The first-order chi connectivity index (χ1) is 10.2. The number of nitrogens with two attached hydrogens (primary N) is 1. The number of hydrogen-bond acceptors (Lipinski definition) is 4. The van der Waals surface area contributed by atoms with Gasteiger partial charge in [0.15, 0.2) is 5.82 Å². The van der Waals surface area contributed by atoms with E-state index < -0.39 is 5.82 Å². The molecule has 0 atom stereocenters. The largest absolute Gasteiger partial charge is 0.497 e. The molecule has 0 spiro atoms. The van der Waals surface area contributed by atoms with Gasteiger partial charge in [-0.1, -0.05) is 12.1 Å². The van der Waals surface area contributed by atoms with Crippen LogP contribution in [0.25, 0.3) is 22.5 Å². The molecule has 106 valence electrons. The Labute approximate surface area is 120 Å². The molecule has 3 N–H and O–H groups in total. The van der Waals surface area contributed by atoms with Gasteiger partial charge in [0.25, 0.3) is 0 Å². The first-order valence-electron chi connectivity index (χ1n) is 6.29. The maximum absolute atomic E-state index is 13.0. The highest BCUT2D eigenvalue weighted by atomic mass is 19.1. The third kappa shape index (κ3) is 2.43. The van der Waals surface area contributed by atoms with Crippen molar-refractivity contribution in [2.75, 3.05) is 12.8 Å². The number of H-pyrrole nitrogens is 1. The number of rotatable bonds is 3. The molecule has 21 heavy (non-hydrogen) atoms. The van der Waals surface area contributed by atoms with Crippen LogP contribution in [-0.2, 0) is 0 Å². The van der Waals surface area contributed by atoms with Crippen LogP contribution in [0.1, 0.15) is 0 Å². The maximum Gasteiger partial charge on any atom is 0.153 e. The van der Waals surface area contributed by atoms with E-state index in [4.69, 9.17) is 10.5 Å².